The molecule has 3 aromatic heterocycles. The molecule has 0 aliphatic rings. The van der Waals surface area contributed by atoms with E-state index in [-0.39, 0.29) is 0 Å². The molecule has 0 unspecified atom stereocenters. The smallest absolute Gasteiger partial charge is 0.631 e. The van der Waals surface area contributed by atoms with Gasteiger partial charge in [0.05, 0.1) is 11.3 Å². The molecule has 0 spiro atoms. The Morgan fingerprint density at radius 3 is 2.05 bits per heavy atom. The Balaban J connectivity index is 1.31. The predicted octanol–water partition coefficient (Wildman–Crippen LogP) is 6.57. The van der Waals surface area contributed by atoms with Crippen LogP contribution < -0.4 is 3.79 Å². The quantitative estimate of drug-likeness (QED) is 0.240. The van der Waals surface area contributed by atoms with Crippen LogP contribution in [0.5, 0.6) is 5.75 Å². The first kappa shape index (κ1) is 22.5. The number of nitrogens with zero attached hydrogens (tertiary/aromatic N) is 5. The average Bonchev–Trinajstić information content (AvgIpc) is 3.56. The van der Waals surface area contributed by atoms with Crippen LogP contribution in [-0.4, -0.2) is 38.8 Å². The molecule has 4 aromatic carbocycles. The van der Waals surface area contributed by atoms with E-state index in [1.165, 1.54) is 5.56 Å². The molecule has 1 radical (unpaired) electrons. The molecule has 0 amide bonds. The lowest BCUT2D eigenvalue weighted by molar-refractivity contribution is 0.584. The SMILES string of the molecule is c1ccc(-c2ccc([O][Al][n]3c(-c4nc5cccnc5n4-c4ccccc4)nc4ccccc43)cc2)cc1. The van der Waals surface area contributed by atoms with E-state index in [4.69, 9.17) is 13.8 Å². The zero-order valence-corrected chi connectivity index (χ0v) is 21.5. The molecule has 3 heterocycles. The molecule has 179 valence electrons. The van der Waals surface area contributed by atoms with Crippen LogP contribution >= 0.6 is 0 Å². The summed E-state index contributed by atoms with van der Waals surface area (Å²) in [5.41, 5.74) is 6.84. The maximum absolute atomic E-state index is 6.38. The van der Waals surface area contributed by atoms with Crippen LogP contribution in [0, 0.1) is 0 Å². The van der Waals surface area contributed by atoms with Gasteiger partial charge in [0.1, 0.15) is 5.52 Å². The van der Waals surface area contributed by atoms with Crippen LogP contribution in [0.25, 0.3) is 50.7 Å². The molecule has 0 aliphatic heterocycles. The van der Waals surface area contributed by atoms with Gasteiger partial charge in [0.2, 0.25) is 0 Å². The summed E-state index contributed by atoms with van der Waals surface area (Å²) in [5, 5.41) is 0. The Hall–Kier alpha value is -4.70. The van der Waals surface area contributed by atoms with E-state index in [0.29, 0.717) is 0 Å². The minimum absolute atomic E-state index is 0.660. The molecule has 0 atom stereocenters. The van der Waals surface area contributed by atoms with Crippen molar-refractivity contribution in [3.63, 3.8) is 0 Å². The fourth-order valence-corrected chi connectivity index (χ4v) is 5.65. The lowest BCUT2D eigenvalue weighted by Gasteiger charge is -2.12. The molecular weight excluding hydrogens is 485 g/mol. The molecule has 0 saturated carbocycles. The summed E-state index contributed by atoms with van der Waals surface area (Å²) in [7, 11) is 0. The van der Waals surface area contributed by atoms with E-state index in [1.807, 2.05) is 78.9 Å². The predicted molar refractivity (Wildman–Crippen MR) is 151 cm³/mol. The van der Waals surface area contributed by atoms with Crippen LogP contribution in [0.15, 0.2) is 128 Å². The van der Waals surface area contributed by atoms with Gasteiger partial charge in [-0.3, -0.25) is 4.57 Å². The standard InChI is InChI=1S/C19H12N5.C12H10O.Al/c1-2-7-13(8-3-1)24-18-16(11-6-12-20-18)23-19(24)17-21-14-9-4-5-10-15(14)22-17;13-12-8-6-11(7-9-12)10-4-2-1-3-5-10;/h1-12H;1-9,13H;/q-1;;+2/p-1. The van der Waals surface area contributed by atoms with Gasteiger partial charge >= 0.3 is 15.8 Å². The number of fused-ring (bicyclic) bond motifs is 2. The molecule has 6 nitrogen and oxygen atoms in total. The van der Waals surface area contributed by atoms with Crippen molar-refractivity contribution >= 4 is 38.0 Å². The lowest BCUT2D eigenvalue weighted by atomic mass is 10.1. The number of hydrogen-bond donors (Lipinski definition) is 0. The van der Waals surface area contributed by atoms with Crippen molar-refractivity contribution in [2.45, 2.75) is 0 Å². The van der Waals surface area contributed by atoms with Gasteiger partial charge < -0.3 is 7.34 Å². The highest BCUT2D eigenvalue weighted by Crippen LogP contribution is 2.30. The second-order valence-electron chi connectivity index (χ2n) is 8.86. The van der Waals surface area contributed by atoms with Crippen LogP contribution in [0.1, 0.15) is 0 Å². The zero-order valence-electron chi connectivity index (χ0n) is 20.3. The van der Waals surface area contributed by atoms with Crippen molar-refractivity contribution in [2.75, 3.05) is 0 Å². The first-order valence-corrected chi connectivity index (χ1v) is 13.4. The molecule has 0 fully saturated rings. The first-order valence-electron chi connectivity index (χ1n) is 12.4. The number of hydrogen-bond acceptors (Lipinski definition) is 4. The maximum atomic E-state index is 6.38. The van der Waals surface area contributed by atoms with Gasteiger partial charge in [-0.2, -0.15) is 0 Å². The van der Waals surface area contributed by atoms with E-state index in [1.54, 1.807) is 6.20 Å². The van der Waals surface area contributed by atoms with Crippen molar-refractivity contribution in [3.05, 3.63) is 128 Å². The minimum atomic E-state index is -0.660. The van der Waals surface area contributed by atoms with E-state index in [9.17, 15) is 0 Å². The maximum Gasteiger partial charge on any atom is 0.721 e. The van der Waals surface area contributed by atoms with Crippen LogP contribution in [0.3, 0.4) is 0 Å². The Kier molecular flexibility index (Phi) is 5.71. The Labute approximate surface area is 226 Å². The molecular formula is C31H21AlN5O. The van der Waals surface area contributed by atoms with E-state index in [2.05, 4.69) is 55.6 Å². The highest BCUT2D eigenvalue weighted by molar-refractivity contribution is 6.30. The van der Waals surface area contributed by atoms with Gasteiger partial charge in [-0.25, -0.2) is 15.0 Å². The number of imidazole rings is 2. The average molecular weight is 507 g/mol. The summed E-state index contributed by atoms with van der Waals surface area (Å²) >= 11 is -0.660. The summed E-state index contributed by atoms with van der Waals surface area (Å²) in [4.78, 5) is 14.7. The summed E-state index contributed by atoms with van der Waals surface area (Å²) in [6.07, 6.45) is 1.80. The van der Waals surface area contributed by atoms with Crippen LogP contribution in [0.4, 0.5) is 0 Å². The van der Waals surface area contributed by atoms with Crippen molar-refractivity contribution in [3.8, 4) is 34.2 Å². The second-order valence-corrected chi connectivity index (χ2v) is 9.82. The third-order valence-electron chi connectivity index (χ3n) is 6.48. The molecule has 0 N–H and O–H groups in total. The molecule has 7 heteroatoms. The minimum Gasteiger partial charge on any atom is -0.631 e. The second kappa shape index (κ2) is 9.64. The van der Waals surface area contributed by atoms with Crippen LogP contribution in [-0.2, 0) is 0 Å². The summed E-state index contributed by atoms with van der Waals surface area (Å²) < 4.78 is 10.6. The Bertz CT molecular complexity index is 1860. The Morgan fingerprint density at radius 2 is 1.24 bits per heavy atom. The van der Waals surface area contributed by atoms with E-state index >= 15 is 0 Å². The summed E-state index contributed by atoms with van der Waals surface area (Å²) in [6, 6.07) is 40.8. The fraction of sp³-hybridized carbons (Fsp3) is 0. The first-order chi connectivity index (χ1) is 18.8. The molecule has 7 rings (SSSR count). The summed E-state index contributed by atoms with van der Waals surface area (Å²) in [6.45, 7) is 0. The monoisotopic (exact) mass is 506 g/mol. The topological polar surface area (TPSA) is 57.8 Å². The number of pyridine rings is 1. The van der Waals surface area contributed by atoms with Crippen molar-refractivity contribution < 1.29 is 3.79 Å². The molecule has 0 bridgehead atoms. The largest absolute Gasteiger partial charge is 0.721 e. The van der Waals surface area contributed by atoms with E-state index in [0.717, 1.165) is 50.8 Å². The number of aromatic nitrogens is 5. The fourth-order valence-electron chi connectivity index (χ4n) is 4.66. The van der Waals surface area contributed by atoms with Crippen molar-refractivity contribution in [2.24, 2.45) is 0 Å². The van der Waals surface area contributed by atoms with Crippen molar-refractivity contribution in [1.29, 1.82) is 0 Å². The molecule has 38 heavy (non-hydrogen) atoms. The van der Waals surface area contributed by atoms with Gasteiger partial charge in [-0.1, -0.05) is 72.8 Å². The van der Waals surface area contributed by atoms with Gasteiger partial charge in [0.15, 0.2) is 17.3 Å². The van der Waals surface area contributed by atoms with Gasteiger partial charge in [0, 0.05) is 17.4 Å². The van der Waals surface area contributed by atoms with Crippen LogP contribution in [0.2, 0.25) is 0 Å². The highest BCUT2D eigenvalue weighted by Gasteiger charge is 2.23. The van der Waals surface area contributed by atoms with Gasteiger partial charge in [0.25, 0.3) is 0 Å². The number of para-hydroxylation sites is 3. The molecule has 0 saturated heterocycles. The highest BCUT2D eigenvalue weighted by atomic mass is 27.1. The lowest BCUT2D eigenvalue weighted by Crippen LogP contribution is -2.16. The number of rotatable bonds is 6. The van der Waals surface area contributed by atoms with E-state index < -0.39 is 15.8 Å². The molecule has 7 aromatic rings. The zero-order chi connectivity index (χ0) is 25.3. The van der Waals surface area contributed by atoms with Gasteiger partial charge in [-0.05, 0) is 59.7 Å². The normalized spacial score (nSPS) is 11.2. The Morgan fingerprint density at radius 1 is 0.579 bits per heavy atom. The van der Waals surface area contributed by atoms with Crippen molar-refractivity contribution in [1.82, 2.24) is 23.1 Å². The molecule has 0 aliphatic carbocycles. The van der Waals surface area contributed by atoms with Gasteiger partial charge in [-0.15, -0.1) is 0 Å². The third kappa shape index (κ3) is 4.04. The third-order valence-corrected chi connectivity index (χ3v) is 7.59. The number of benzene rings is 4. The summed E-state index contributed by atoms with van der Waals surface area (Å²) in [5.74, 6) is 2.31.